The van der Waals surface area contributed by atoms with Gasteiger partial charge in [-0.05, 0) is 42.2 Å². The highest BCUT2D eigenvalue weighted by atomic mass is 16.5. The highest BCUT2D eigenvalue weighted by molar-refractivity contribution is 5.92. The van der Waals surface area contributed by atoms with Crippen LogP contribution in [0.25, 0.3) is 11.3 Å². The number of ether oxygens (including phenoxy) is 1. The Morgan fingerprint density at radius 2 is 1.79 bits per heavy atom. The Balaban J connectivity index is 2.29. The molecular weight excluding hydrogens is 430 g/mol. The molecule has 0 fully saturated rings. The second kappa shape index (κ2) is 10.9. The van der Waals surface area contributed by atoms with Crippen LogP contribution in [0.5, 0.6) is 0 Å². The van der Waals surface area contributed by atoms with Crippen LogP contribution in [0.1, 0.15) is 75.3 Å². The molecule has 0 radical (unpaired) electrons. The van der Waals surface area contributed by atoms with Gasteiger partial charge in [-0.15, -0.1) is 0 Å². The number of carbonyl (C=O) groups excluding carboxylic acids is 1. The topological polar surface area (TPSA) is 73.5 Å². The van der Waals surface area contributed by atoms with Gasteiger partial charge >= 0.3 is 5.69 Å². The van der Waals surface area contributed by atoms with E-state index < -0.39 is 0 Å². The molecule has 7 nitrogen and oxygen atoms in total. The van der Waals surface area contributed by atoms with Crippen LogP contribution < -0.4 is 11.2 Å². The van der Waals surface area contributed by atoms with Crippen molar-refractivity contribution in [1.82, 2.24) is 14.0 Å². The lowest BCUT2D eigenvalue weighted by molar-refractivity contribution is -0.128. The fourth-order valence-corrected chi connectivity index (χ4v) is 4.76. The van der Waals surface area contributed by atoms with E-state index in [-0.39, 0.29) is 24.4 Å². The minimum atomic E-state index is -0.336. The normalized spacial score (nSPS) is 13.6. The summed E-state index contributed by atoms with van der Waals surface area (Å²) in [6.07, 6.45) is 2.09. The van der Waals surface area contributed by atoms with Gasteiger partial charge in [-0.3, -0.25) is 18.7 Å². The maximum absolute atomic E-state index is 13.8. The zero-order valence-corrected chi connectivity index (χ0v) is 21.3. The van der Waals surface area contributed by atoms with E-state index in [9.17, 15) is 14.4 Å². The summed E-state index contributed by atoms with van der Waals surface area (Å²) in [5.41, 5.74) is 5.27. The summed E-state index contributed by atoms with van der Waals surface area (Å²) in [6.45, 7) is 9.97. The number of benzene rings is 1. The molecular formula is C27H37N3O4. The zero-order chi connectivity index (χ0) is 25.0. The van der Waals surface area contributed by atoms with Crippen LogP contribution in [0, 0.1) is 5.92 Å². The second-order valence-corrected chi connectivity index (χ2v) is 9.80. The molecule has 1 aliphatic heterocycles. The van der Waals surface area contributed by atoms with Crippen molar-refractivity contribution in [3.8, 4) is 0 Å². The molecule has 0 amide bonds. The van der Waals surface area contributed by atoms with Crippen LogP contribution >= 0.6 is 0 Å². The van der Waals surface area contributed by atoms with E-state index in [2.05, 4.69) is 50.8 Å². The predicted octanol–water partition coefficient (Wildman–Crippen LogP) is 3.98. The molecule has 0 aliphatic carbocycles. The van der Waals surface area contributed by atoms with Crippen molar-refractivity contribution < 1.29 is 9.53 Å². The van der Waals surface area contributed by atoms with Gasteiger partial charge in [-0.2, -0.15) is 0 Å². The van der Waals surface area contributed by atoms with Crippen molar-refractivity contribution in [3.63, 3.8) is 0 Å². The molecule has 3 rings (SSSR count). The highest BCUT2D eigenvalue weighted by Gasteiger charge is 2.31. The maximum Gasteiger partial charge on any atom is 0.331 e. The average Bonchev–Trinajstić information content (AvgIpc) is 2.80. The lowest BCUT2D eigenvalue weighted by Crippen LogP contribution is -2.45. The number of aromatic nitrogens is 2. The van der Waals surface area contributed by atoms with Gasteiger partial charge in [0.1, 0.15) is 0 Å². The number of allylic oxidation sites excluding steroid dienone is 1. The molecule has 0 atom stereocenters. The molecule has 7 heteroatoms. The Labute approximate surface area is 201 Å². The Morgan fingerprint density at radius 3 is 2.44 bits per heavy atom. The number of hydrogen-bond donors (Lipinski definition) is 0. The van der Waals surface area contributed by atoms with Crippen molar-refractivity contribution >= 4 is 17.7 Å². The van der Waals surface area contributed by atoms with Crippen LogP contribution in [0.4, 0.5) is 0 Å². The third kappa shape index (κ3) is 5.03. The monoisotopic (exact) mass is 467 g/mol. The van der Waals surface area contributed by atoms with E-state index in [0.717, 1.165) is 35.4 Å². The summed E-state index contributed by atoms with van der Waals surface area (Å²) in [4.78, 5) is 39.5. The van der Waals surface area contributed by atoms with Gasteiger partial charge in [0, 0.05) is 31.9 Å². The molecule has 34 heavy (non-hydrogen) atoms. The first-order valence-electron chi connectivity index (χ1n) is 12.1. The van der Waals surface area contributed by atoms with Crippen LogP contribution in [0.15, 0.2) is 33.9 Å². The number of hydrogen-bond acceptors (Lipinski definition) is 5. The minimum Gasteiger partial charge on any atom is -0.468 e. The molecule has 0 saturated carbocycles. The molecule has 2 heterocycles. The first kappa shape index (κ1) is 25.5. The highest BCUT2D eigenvalue weighted by Crippen LogP contribution is 2.39. The summed E-state index contributed by atoms with van der Waals surface area (Å²) in [5, 5.41) is 0. The quantitative estimate of drug-likeness (QED) is 0.390. The molecule has 1 aromatic carbocycles. The minimum absolute atomic E-state index is 0.169. The molecule has 1 aromatic heterocycles. The lowest BCUT2D eigenvalue weighted by atomic mass is 9.86. The first-order chi connectivity index (χ1) is 16.2. The number of carbonyl (C=O) groups is 1. The molecule has 0 unspecified atom stereocenters. The fourth-order valence-electron chi connectivity index (χ4n) is 4.76. The van der Waals surface area contributed by atoms with Gasteiger partial charge in [0.2, 0.25) is 0 Å². The largest absolute Gasteiger partial charge is 0.468 e. The third-order valence-electron chi connectivity index (χ3n) is 6.55. The van der Waals surface area contributed by atoms with Gasteiger partial charge < -0.3 is 9.64 Å². The Hall–Kier alpha value is -3.09. The maximum atomic E-state index is 13.8. The molecule has 1 aliphatic rings. The standard InChI is InChI=1S/C27H37N3O4/c1-18(2)12-13-22-24-23(29(6)27(33)30(26(24)32)14-9-15-34-17-31)16-28(5)25(22)21-11-8-7-10-20(21)19(3)4/h7-8,10-11,17-19H,9,12-16H2,1-6H3. The summed E-state index contributed by atoms with van der Waals surface area (Å²) in [6, 6.07) is 8.40. The van der Waals surface area contributed by atoms with Crippen LogP contribution in [0.2, 0.25) is 0 Å². The summed E-state index contributed by atoms with van der Waals surface area (Å²) in [5.74, 6) is 0.805. The Bertz CT molecular complexity index is 1190. The van der Waals surface area contributed by atoms with E-state index in [1.165, 1.54) is 10.1 Å². The summed E-state index contributed by atoms with van der Waals surface area (Å²) < 4.78 is 7.66. The van der Waals surface area contributed by atoms with Crippen molar-refractivity contribution in [1.29, 1.82) is 0 Å². The van der Waals surface area contributed by atoms with E-state index in [1.54, 1.807) is 11.6 Å². The van der Waals surface area contributed by atoms with Crippen LogP contribution in [0.3, 0.4) is 0 Å². The van der Waals surface area contributed by atoms with E-state index in [0.29, 0.717) is 36.8 Å². The zero-order valence-electron chi connectivity index (χ0n) is 21.3. The average molecular weight is 468 g/mol. The van der Waals surface area contributed by atoms with E-state index in [4.69, 9.17) is 4.74 Å². The van der Waals surface area contributed by atoms with Crippen molar-refractivity contribution in [2.24, 2.45) is 13.0 Å². The smallest absolute Gasteiger partial charge is 0.331 e. The van der Waals surface area contributed by atoms with E-state index in [1.807, 2.05) is 13.1 Å². The van der Waals surface area contributed by atoms with Crippen molar-refractivity contribution in [3.05, 3.63) is 67.5 Å². The van der Waals surface area contributed by atoms with Crippen LogP contribution in [-0.4, -0.2) is 34.2 Å². The van der Waals surface area contributed by atoms with Gasteiger partial charge in [-0.25, -0.2) is 4.79 Å². The Morgan fingerprint density at radius 1 is 1.09 bits per heavy atom. The first-order valence-corrected chi connectivity index (χ1v) is 12.1. The number of rotatable bonds is 10. The van der Waals surface area contributed by atoms with Gasteiger partial charge in [0.25, 0.3) is 12.0 Å². The molecule has 184 valence electrons. The molecule has 0 saturated heterocycles. The van der Waals surface area contributed by atoms with Gasteiger partial charge in [-0.1, -0.05) is 52.0 Å². The molecule has 0 N–H and O–H groups in total. The Kier molecular flexibility index (Phi) is 8.18. The van der Waals surface area contributed by atoms with Crippen molar-refractivity contribution in [2.75, 3.05) is 13.7 Å². The SMILES string of the molecule is CC(C)CCC1=C(c2ccccc2C(C)C)N(C)Cc2c1c(=O)n(CCCOC=O)c(=O)n2C. The number of fused-ring (bicyclic) bond motifs is 1. The molecule has 0 spiro atoms. The predicted molar refractivity (Wildman–Crippen MR) is 135 cm³/mol. The summed E-state index contributed by atoms with van der Waals surface area (Å²) >= 11 is 0. The van der Waals surface area contributed by atoms with Crippen LogP contribution in [-0.2, 0) is 29.7 Å². The molecule has 0 bridgehead atoms. The van der Waals surface area contributed by atoms with Gasteiger partial charge in [0.05, 0.1) is 24.4 Å². The fraction of sp³-hybridized carbons (Fsp3) is 0.519. The molecule has 2 aromatic rings. The second-order valence-electron chi connectivity index (χ2n) is 9.80. The number of nitrogens with zero attached hydrogens (tertiary/aromatic N) is 3. The van der Waals surface area contributed by atoms with E-state index >= 15 is 0 Å². The van der Waals surface area contributed by atoms with Crippen molar-refractivity contribution in [2.45, 2.75) is 66.0 Å². The summed E-state index contributed by atoms with van der Waals surface area (Å²) in [7, 11) is 3.78. The third-order valence-corrected chi connectivity index (χ3v) is 6.55. The van der Waals surface area contributed by atoms with Gasteiger partial charge in [0.15, 0.2) is 0 Å². The lowest BCUT2D eigenvalue weighted by Gasteiger charge is -2.35.